The first kappa shape index (κ1) is 16.2. The van der Waals surface area contributed by atoms with Crippen LogP contribution in [0.1, 0.15) is 11.1 Å². The average Bonchev–Trinajstić information content (AvgIpc) is 3.13. The first-order chi connectivity index (χ1) is 12.8. The average molecular weight is 345 g/mol. The lowest BCUT2D eigenvalue weighted by Gasteiger charge is -2.07. The molecule has 0 saturated carbocycles. The monoisotopic (exact) mass is 345 g/mol. The van der Waals surface area contributed by atoms with Crippen molar-refractivity contribution in [2.45, 2.75) is 6.42 Å². The van der Waals surface area contributed by atoms with Crippen LogP contribution >= 0.6 is 0 Å². The van der Waals surface area contributed by atoms with E-state index in [-0.39, 0.29) is 0 Å². The van der Waals surface area contributed by atoms with Crippen molar-refractivity contribution in [3.8, 4) is 23.0 Å². The number of para-hydroxylation sites is 1. The minimum absolute atomic E-state index is 0.571. The molecule has 0 fully saturated rings. The minimum Gasteiger partial charge on any atom is -0.493 e. The summed E-state index contributed by atoms with van der Waals surface area (Å²) >= 11 is 0. The van der Waals surface area contributed by atoms with E-state index in [0.29, 0.717) is 17.4 Å². The Morgan fingerprint density at radius 1 is 0.846 bits per heavy atom. The van der Waals surface area contributed by atoms with Gasteiger partial charge in [0.1, 0.15) is 5.52 Å². The predicted octanol–water partition coefficient (Wildman–Crippen LogP) is 5.10. The lowest BCUT2D eigenvalue weighted by atomic mass is 10.0. The van der Waals surface area contributed by atoms with E-state index in [1.54, 1.807) is 14.2 Å². The molecule has 1 heterocycles. The van der Waals surface area contributed by atoms with Crippen molar-refractivity contribution in [2.75, 3.05) is 14.2 Å². The fraction of sp³-hybridized carbons (Fsp3) is 0.136. The van der Waals surface area contributed by atoms with Gasteiger partial charge in [0, 0.05) is 17.5 Å². The van der Waals surface area contributed by atoms with E-state index in [1.807, 2.05) is 48.5 Å². The second-order valence-electron chi connectivity index (χ2n) is 6.02. The normalized spacial score (nSPS) is 10.8. The fourth-order valence-electron chi connectivity index (χ4n) is 3.05. The molecule has 4 aromatic rings. The van der Waals surface area contributed by atoms with Gasteiger partial charge in [-0.25, -0.2) is 4.98 Å². The highest BCUT2D eigenvalue weighted by molar-refractivity contribution is 5.80. The molecule has 0 radical (unpaired) electrons. The summed E-state index contributed by atoms with van der Waals surface area (Å²) in [7, 11) is 3.23. The lowest BCUT2D eigenvalue weighted by molar-refractivity contribution is 0.355. The fourth-order valence-corrected chi connectivity index (χ4v) is 3.05. The van der Waals surface area contributed by atoms with E-state index in [9.17, 15) is 0 Å². The van der Waals surface area contributed by atoms with Crippen LogP contribution in [0.2, 0.25) is 0 Å². The maximum atomic E-state index is 6.12. The van der Waals surface area contributed by atoms with Gasteiger partial charge in [0.2, 0.25) is 5.89 Å². The zero-order valence-corrected chi connectivity index (χ0v) is 14.7. The number of ether oxygens (including phenoxy) is 2. The maximum Gasteiger partial charge on any atom is 0.227 e. The third-order valence-corrected chi connectivity index (χ3v) is 4.36. The summed E-state index contributed by atoms with van der Waals surface area (Å²) in [6, 6.07) is 22.1. The van der Waals surface area contributed by atoms with E-state index in [0.717, 1.165) is 28.6 Å². The topological polar surface area (TPSA) is 44.5 Å². The molecule has 4 nitrogen and oxygen atoms in total. The predicted molar refractivity (Wildman–Crippen MR) is 102 cm³/mol. The van der Waals surface area contributed by atoms with Crippen molar-refractivity contribution < 1.29 is 13.9 Å². The van der Waals surface area contributed by atoms with Crippen molar-refractivity contribution in [3.63, 3.8) is 0 Å². The number of oxazole rings is 1. The molecule has 0 amide bonds. The standard InChI is InChI=1S/C22H19NO3/c1-24-19-12-11-17(14-20(19)25-2)22-23-18-10-6-9-16(21(18)26-22)13-15-7-4-3-5-8-15/h3-12,14H,13H2,1-2H3. The van der Waals surface area contributed by atoms with Gasteiger partial charge >= 0.3 is 0 Å². The van der Waals surface area contributed by atoms with Gasteiger partial charge in [-0.15, -0.1) is 0 Å². The number of hydrogen-bond acceptors (Lipinski definition) is 4. The van der Waals surface area contributed by atoms with Gasteiger partial charge in [0.05, 0.1) is 14.2 Å². The molecule has 0 aliphatic rings. The Hall–Kier alpha value is -3.27. The summed E-state index contributed by atoms with van der Waals surface area (Å²) in [5, 5.41) is 0. The van der Waals surface area contributed by atoms with Gasteiger partial charge < -0.3 is 13.9 Å². The third kappa shape index (κ3) is 3.02. The Bertz CT molecular complexity index is 1040. The second-order valence-corrected chi connectivity index (χ2v) is 6.02. The molecular weight excluding hydrogens is 326 g/mol. The number of fused-ring (bicyclic) bond motifs is 1. The molecule has 1 aromatic heterocycles. The van der Waals surface area contributed by atoms with Crippen molar-refractivity contribution >= 4 is 11.1 Å². The molecule has 26 heavy (non-hydrogen) atoms. The molecule has 0 aliphatic heterocycles. The molecule has 0 bridgehead atoms. The molecule has 0 spiro atoms. The number of hydrogen-bond donors (Lipinski definition) is 0. The smallest absolute Gasteiger partial charge is 0.227 e. The summed E-state index contributed by atoms with van der Waals surface area (Å²) in [6.07, 6.45) is 0.804. The Balaban J connectivity index is 1.75. The summed E-state index contributed by atoms with van der Waals surface area (Å²) in [5.41, 5.74) is 4.88. The van der Waals surface area contributed by atoms with E-state index >= 15 is 0 Å². The van der Waals surface area contributed by atoms with Crippen LogP contribution in [0.5, 0.6) is 11.5 Å². The Kier molecular flexibility index (Phi) is 4.32. The number of nitrogens with zero attached hydrogens (tertiary/aromatic N) is 1. The van der Waals surface area contributed by atoms with Gasteiger partial charge in [-0.05, 0) is 29.8 Å². The van der Waals surface area contributed by atoms with Crippen molar-refractivity contribution in [1.82, 2.24) is 4.98 Å². The highest BCUT2D eigenvalue weighted by Gasteiger charge is 2.14. The van der Waals surface area contributed by atoms with E-state index in [1.165, 1.54) is 5.56 Å². The van der Waals surface area contributed by atoms with E-state index < -0.39 is 0 Å². The number of rotatable bonds is 5. The van der Waals surface area contributed by atoms with Crippen LogP contribution in [0.15, 0.2) is 71.1 Å². The van der Waals surface area contributed by atoms with Gasteiger partial charge in [-0.1, -0.05) is 42.5 Å². The number of aromatic nitrogens is 1. The van der Waals surface area contributed by atoms with E-state index in [2.05, 4.69) is 23.2 Å². The van der Waals surface area contributed by atoms with Crippen LogP contribution in [-0.4, -0.2) is 19.2 Å². The van der Waals surface area contributed by atoms with Gasteiger partial charge in [0.25, 0.3) is 0 Å². The molecular formula is C22H19NO3. The molecule has 0 unspecified atom stereocenters. The summed E-state index contributed by atoms with van der Waals surface area (Å²) in [4.78, 5) is 4.65. The van der Waals surface area contributed by atoms with Crippen molar-refractivity contribution in [1.29, 1.82) is 0 Å². The molecule has 0 aliphatic carbocycles. The summed E-state index contributed by atoms with van der Waals surface area (Å²) in [5.74, 6) is 1.90. The summed E-state index contributed by atoms with van der Waals surface area (Å²) < 4.78 is 16.8. The number of benzene rings is 3. The highest BCUT2D eigenvalue weighted by Crippen LogP contribution is 2.34. The largest absolute Gasteiger partial charge is 0.493 e. The van der Waals surface area contributed by atoms with Crippen molar-refractivity contribution in [2.24, 2.45) is 0 Å². The van der Waals surface area contributed by atoms with Crippen LogP contribution in [0.4, 0.5) is 0 Å². The van der Waals surface area contributed by atoms with Gasteiger partial charge in [-0.2, -0.15) is 0 Å². The first-order valence-electron chi connectivity index (χ1n) is 8.43. The summed E-state index contributed by atoms with van der Waals surface area (Å²) in [6.45, 7) is 0. The van der Waals surface area contributed by atoms with Crippen LogP contribution in [0.3, 0.4) is 0 Å². The Morgan fingerprint density at radius 3 is 2.42 bits per heavy atom. The molecule has 4 rings (SSSR count). The first-order valence-corrected chi connectivity index (χ1v) is 8.43. The molecule has 130 valence electrons. The molecule has 0 saturated heterocycles. The quantitative estimate of drug-likeness (QED) is 0.504. The third-order valence-electron chi connectivity index (χ3n) is 4.36. The Labute approximate surface area is 152 Å². The lowest BCUT2D eigenvalue weighted by Crippen LogP contribution is -1.90. The number of methoxy groups -OCH3 is 2. The molecule has 3 aromatic carbocycles. The zero-order valence-electron chi connectivity index (χ0n) is 14.7. The van der Waals surface area contributed by atoms with E-state index in [4.69, 9.17) is 13.9 Å². The highest BCUT2D eigenvalue weighted by atomic mass is 16.5. The van der Waals surface area contributed by atoms with Crippen LogP contribution < -0.4 is 9.47 Å². The minimum atomic E-state index is 0.571. The van der Waals surface area contributed by atoms with Gasteiger partial charge in [0.15, 0.2) is 17.1 Å². The zero-order chi connectivity index (χ0) is 17.9. The van der Waals surface area contributed by atoms with Gasteiger partial charge in [-0.3, -0.25) is 0 Å². The molecule has 4 heteroatoms. The SMILES string of the molecule is COc1ccc(-c2nc3cccc(Cc4ccccc4)c3o2)cc1OC. The second kappa shape index (κ2) is 6.92. The van der Waals surface area contributed by atoms with Crippen LogP contribution in [0, 0.1) is 0 Å². The maximum absolute atomic E-state index is 6.12. The molecule has 0 atom stereocenters. The van der Waals surface area contributed by atoms with Crippen LogP contribution in [-0.2, 0) is 6.42 Å². The molecule has 0 N–H and O–H groups in total. The van der Waals surface area contributed by atoms with Crippen molar-refractivity contribution in [3.05, 3.63) is 77.9 Å². The van der Waals surface area contributed by atoms with Crippen LogP contribution in [0.25, 0.3) is 22.6 Å². The Morgan fingerprint density at radius 2 is 1.65 bits per heavy atom.